The van der Waals surface area contributed by atoms with Gasteiger partial charge in [-0.25, -0.2) is 0 Å². The second kappa shape index (κ2) is 5.17. The van der Waals surface area contributed by atoms with Crippen LogP contribution >= 0.6 is 27.5 Å². The average molecular weight is 275 g/mol. The van der Waals surface area contributed by atoms with E-state index in [0.717, 1.165) is 0 Å². The molecule has 1 rings (SSSR count). The van der Waals surface area contributed by atoms with Gasteiger partial charge in [-0.1, -0.05) is 17.7 Å². The van der Waals surface area contributed by atoms with Gasteiger partial charge in [0.05, 0.1) is 5.56 Å². The van der Waals surface area contributed by atoms with Gasteiger partial charge in [0.25, 0.3) is 5.91 Å². The molecule has 0 saturated carbocycles. The lowest BCUT2D eigenvalue weighted by atomic mass is 10.2. The fourth-order valence-corrected chi connectivity index (χ4v) is 1.80. The molecule has 0 aliphatic heterocycles. The number of carbonyl (C=O) groups is 1. The first-order valence-corrected chi connectivity index (χ1v) is 5.16. The molecule has 14 heavy (non-hydrogen) atoms. The minimum Gasteiger partial charge on any atom is -0.349 e. The van der Waals surface area contributed by atoms with E-state index in [0.29, 0.717) is 21.6 Å². The standard InChI is InChI=1S/C10H9BrClNO/c1-2-5-13-10(14)8-4-3-7(12)6-9(8)11/h2-4,6H,1,5H2,(H,13,14). The lowest BCUT2D eigenvalue weighted by molar-refractivity contribution is 0.0957. The molecule has 0 saturated heterocycles. The molecule has 0 bridgehead atoms. The summed E-state index contributed by atoms with van der Waals surface area (Å²) in [4.78, 5) is 11.5. The maximum absolute atomic E-state index is 11.5. The molecule has 1 amide bonds. The minimum atomic E-state index is -0.145. The van der Waals surface area contributed by atoms with Crippen LogP contribution in [0.1, 0.15) is 10.4 Å². The predicted octanol–water partition coefficient (Wildman–Crippen LogP) is 3.02. The molecule has 1 aromatic rings. The summed E-state index contributed by atoms with van der Waals surface area (Å²) in [5.41, 5.74) is 0.566. The van der Waals surface area contributed by atoms with Gasteiger partial charge in [-0.2, -0.15) is 0 Å². The maximum Gasteiger partial charge on any atom is 0.252 e. The predicted molar refractivity (Wildman–Crippen MR) is 61.7 cm³/mol. The normalized spacial score (nSPS) is 9.57. The lowest BCUT2D eigenvalue weighted by Crippen LogP contribution is -2.23. The molecule has 2 nitrogen and oxygen atoms in total. The third-order valence-corrected chi connectivity index (χ3v) is 2.47. The van der Waals surface area contributed by atoms with Gasteiger partial charge < -0.3 is 5.32 Å². The number of benzene rings is 1. The van der Waals surface area contributed by atoms with Crippen LogP contribution in [0.15, 0.2) is 35.3 Å². The van der Waals surface area contributed by atoms with E-state index in [1.807, 2.05) is 0 Å². The highest BCUT2D eigenvalue weighted by atomic mass is 79.9. The zero-order chi connectivity index (χ0) is 10.6. The largest absolute Gasteiger partial charge is 0.349 e. The summed E-state index contributed by atoms with van der Waals surface area (Å²) < 4.78 is 0.687. The zero-order valence-corrected chi connectivity index (χ0v) is 9.73. The van der Waals surface area contributed by atoms with Gasteiger partial charge in [-0.05, 0) is 34.1 Å². The first kappa shape index (κ1) is 11.3. The van der Waals surface area contributed by atoms with Crippen molar-refractivity contribution < 1.29 is 4.79 Å². The van der Waals surface area contributed by atoms with E-state index in [4.69, 9.17) is 11.6 Å². The molecule has 1 N–H and O–H groups in total. The Labute approximate surface area is 96.1 Å². The van der Waals surface area contributed by atoms with Gasteiger partial charge in [-0.3, -0.25) is 4.79 Å². The van der Waals surface area contributed by atoms with Gasteiger partial charge in [0.15, 0.2) is 0 Å². The van der Waals surface area contributed by atoms with Crippen molar-refractivity contribution in [2.75, 3.05) is 6.54 Å². The number of hydrogen-bond donors (Lipinski definition) is 1. The zero-order valence-electron chi connectivity index (χ0n) is 7.39. The number of nitrogens with one attached hydrogen (secondary N) is 1. The van der Waals surface area contributed by atoms with E-state index in [2.05, 4.69) is 27.8 Å². The van der Waals surface area contributed by atoms with Crippen LogP contribution in [0, 0.1) is 0 Å². The fraction of sp³-hybridized carbons (Fsp3) is 0.100. The third-order valence-electron chi connectivity index (χ3n) is 1.58. The molecule has 0 unspecified atom stereocenters. The maximum atomic E-state index is 11.5. The van der Waals surface area contributed by atoms with Crippen molar-refractivity contribution in [1.29, 1.82) is 0 Å². The Hall–Kier alpha value is -0.800. The Morgan fingerprint density at radius 2 is 2.36 bits per heavy atom. The Kier molecular flexibility index (Phi) is 4.17. The van der Waals surface area contributed by atoms with Crippen LogP contribution in [0.25, 0.3) is 0 Å². The fourth-order valence-electron chi connectivity index (χ4n) is 0.934. The Balaban J connectivity index is 2.84. The van der Waals surface area contributed by atoms with Gasteiger partial charge in [0, 0.05) is 16.0 Å². The van der Waals surface area contributed by atoms with Crippen LogP contribution in [0.3, 0.4) is 0 Å². The van der Waals surface area contributed by atoms with Crippen LogP contribution in [0.5, 0.6) is 0 Å². The van der Waals surface area contributed by atoms with Gasteiger partial charge in [0.2, 0.25) is 0 Å². The van der Waals surface area contributed by atoms with E-state index >= 15 is 0 Å². The Morgan fingerprint density at radius 3 is 2.93 bits per heavy atom. The summed E-state index contributed by atoms with van der Waals surface area (Å²) in [6.07, 6.45) is 1.63. The summed E-state index contributed by atoms with van der Waals surface area (Å²) in [6, 6.07) is 5.03. The number of amides is 1. The first-order chi connectivity index (χ1) is 6.65. The summed E-state index contributed by atoms with van der Waals surface area (Å²) >= 11 is 9.02. The van der Waals surface area contributed by atoms with Crippen LogP contribution in [-0.2, 0) is 0 Å². The van der Waals surface area contributed by atoms with Crippen molar-refractivity contribution in [3.63, 3.8) is 0 Å². The van der Waals surface area contributed by atoms with E-state index in [9.17, 15) is 4.79 Å². The van der Waals surface area contributed by atoms with Crippen molar-refractivity contribution in [2.24, 2.45) is 0 Å². The van der Waals surface area contributed by atoms with Gasteiger partial charge in [0.1, 0.15) is 0 Å². The van der Waals surface area contributed by atoms with Gasteiger partial charge in [-0.15, -0.1) is 6.58 Å². The van der Waals surface area contributed by atoms with Crippen molar-refractivity contribution >= 4 is 33.4 Å². The molecule has 4 heteroatoms. The molecular formula is C10H9BrClNO. The Bertz CT molecular complexity index is 365. The molecule has 0 heterocycles. The molecule has 0 spiro atoms. The highest BCUT2D eigenvalue weighted by Gasteiger charge is 2.08. The second-order valence-corrected chi connectivity index (χ2v) is 3.91. The van der Waals surface area contributed by atoms with Crippen LogP contribution in [-0.4, -0.2) is 12.5 Å². The number of rotatable bonds is 3. The molecule has 0 radical (unpaired) electrons. The van der Waals surface area contributed by atoms with Crippen molar-refractivity contribution in [3.05, 3.63) is 45.9 Å². The van der Waals surface area contributed by atoms with E-state index in [1.165, 1.54) is 0 Å². The summed E-state index contributed by atoms with van der Waals surface area (Å²) in [6.45, 7) is 3.97. The van der Waals surface area contributed by atoms with E-state index in [1.54, 1.807) is 24.3 Å². The molecular weight excluding hydrogens is 265 g/mol. The van der Waals surface area contributed by atoms with Crippen molar-refractivity contribution in [1.82, 2.24) is 5.32 Å². The van der Waals surface area contributed by atoms with Crippen molar-refractivity contribution in [2.45, 2.75) is 0 Å². The molecule has 74 valence electrons. The molecule has 0 fully saturated rings. The van der Waals surface area contributed by atoms with Gasteiger partial charge >= 0.3 is 0 Å². The number of hydrogen-bond acceptors (Lipinski definition) is 1. The monoisotopic (exact) mass is 273 g/mol. The Morgan fingerprint density at radius 1 is 1.64 bits per heavy atom. The SMILES string of the molecule is C=CCNC(=O)c1ccc(Cl)cc1Br. The molecule has 0 aliphatic rings. The smallest absolute Gasteiger partial charge is 0.252 e. The minimum absolute atomic E-state index is 0.145. The molecule has 0 aromatic heterocycles. The van der Waals surface area contributed by atoms with Crippen LogP contribution < -0.4 is 5.32 Å². The molecule has 0 aliphatic carbocycles. The number of carbonyl (C=O) groups excluding carboxylic acids is 1. The molecule has 1 aromatic carbocycles. The van der Waals surface area contributed by atoms with Crippen LogP contribution in [0.4, 0.5) is 0 Å². The quantitative estimate of drug-likeness (QED) is 0.844. The second-order valence-electron chi connectivity index (χ2n) is 2.62. The van der Waals surface area contributed by atoms with Crippen LogP contribution in [0.2, 0.25) is 5.02 Å². The highest BCUT2D eigenvalue weighted by molar-refractivity contribution is 9.10. The lowest BCUT2D eigenvalue weighted by Gasteiger charge is -2.04. The van der Waals surface area contributed by atoms with Crippen molar-refractivity contribution in [3.8, 4) is 0 Å². The summed E-state index contributed by atoms with van der Waals surface area (Å²) in [7, 11) is 0. The highest BCUT2D eigenvalue weighted by Crippen LogP contribution is 2.21. The summed E-state index contributed by atoms with van der Waals surface area (Å²) in [5, 5.41) is 3.27. The molecule has 0 atom stereocenters. The third kappa shape index (κ3) is 2.86. The number of halogens is 2. The van der Waals surface area contributed by atoms with E-state index < -0.39 is 0 Å². The topological polar surface area (TPSA) is 29.1 Å². The summed E-state index contributed by atoms with van der Waals surface area (Å²) in [5.74, 6) is -0.145. The van der Waals surface area contributed by atoms with E-state index in [-0.39, 0.29) is 5.91 Å². The average Bonchev–Trinajstić information content (AvgIpc) is 2.14. The first-order valence-electron chi connectivity index (χ1n) is 3.99.